The normalized spacial score (nSPS) is 11.4. The van der Waals surface area contributed by atoms with E-state index in [-0.39, 0.29) is 15.5 Å². The van der Waals surface area contributed by atoms with E-state index in [4.69, 9.17) is 4.74 Å². The summed E-state index contributed by atoms with van der Waals surface area (Å²) in [5, 5.41) is 0. The number of hydrogen-bond acceptors (Lipinski definition) is 2. The van der Waals surface area contributed by atoms with Gasteiger partial charge in [0, 0.05) is 17.2 Å². The maximum Gasteiger partial charge on any atom is 0.330 e. The van der Waals surface area contributed by atoms with Gasteiger partial charge < -0.3 is 4.74 Å². The van der Waals surface area contributed by atoms with E-state index in [0.717, 1.165) is 7.98 Å². The summed E-state index contributed by atoms with van der Waals surface area (Å²) in [6.45, 7) is 3.92. The molecule has 0 saturated carbocycles. The van der Waals surface area contributed by atoms with Crippen LogP contribution >= 0.6 is 45.2 Å². The van der Waals surface area contributed by atoms with Crippen molar-refractivity contribution in [3.63, 3.8) is 0 Å². The van der Waals surface area contributed by atoms with Gasteiger partial charge in [0.2, 0.25) is 0 Å². The Balaban J connectivity index is 3.02. The Labute approximate surface area is 166 Å². The minimum atomic E-state index is -0.300. The molecule has 0 rings (SSSR count). The van der Waals surface area contributed by atoms with Gasteiger partial charge in [-0.3, -0.25) is 0 Å². The van der Waals surface area contributed by atoms with Crippen molar-refractivity contribution < 1.29 is 9.53 Å². The molecule has 2 nitrogen and oxygen atoms in total. The number of carbonyl (C=O) groups is 1. The largest absolute Gasteiger partial charge is 0.463 e. The number of unbranched alkanes of at least 4 members (excludes halogenated alkanes) is 10. The monoisotopic (exact) mass is 550 g/mol. The molecule has 0 spiro atoms. The van der Waals surface area contributed by atoms with Gasteiger partial charge in [0.1, 0.15) is 0 Å². The van der Waals surface area contributed by atoms with Crippen LogP contribution in [0.4, 0.5) is 0 Å². The molecule has 130 valence electrons. The predicted molar refractivity (Wildman–Crippen MR) is 117 cm³/mol. The summed E-state index contributed by atoms with van der Waals surface area (Å²) in [6, 6.07) is 1.54. The van der Waals surface area contributed by atoms with Crippen LogP contribution in [0.15, 0.2) is 12.7 Å². The molecule has 0 heterocycles. The van der Waals surface area contributed by atoms with Crippen LogP contribution in [0.1, 0.15) is 70.6 Å². The van der Waals surface area contributed by atoms with E-state index < -0.39 is 0 Å². The zero-order valence-electron chi connectivity index (χ0n) is 13.8. The standard InChI is InChI=1S/C17H32I2O2Si/c1-2-16(20)21-14-12-10-8-6-4-3-5-7-9-11-13-15-22-17(18)19/h2,17H,1,3-15,22H2. The van der Waals surface area contributed by atoms with E-state index in [2.05, 4.69) is 51.8 Å². The number of alkyl halides is 2. The molecule has 0 aromatic rings. The molecule has 0 aliphatic rings. The molecule has 0 N–H and O–H groups in total. The molecule has 0 aromatic carbocycles. The molecule has 0 bridgehead atoms. The summed E-state index contributed by atoms with van der Waals surface area (Å²) in [5.41, 5.74) is 0. The van der Waals surface area contributed by atoms with Crippen molar-refractivity contribution in [1.29, 1.82) is 0 Å². The van der Waals surface area contributed by atoms with Gasteiger partial charge in [-0.15, -0.1) is 0 Å². The molecule has 22 heavy (non-hydrogen) atoms. The van der Waals surface area contributed by atoms with Crippen molar-refractivity contribution in [2.45, 2.75) is 78.2 Å². The van der Waals surface area contributed by atoms with Crippen molar-refractivity contribution >= 4 is 60.7 Å². The average molecular weight is 550 g/mol. The van der Waals surface area contributed by atoms with Gasteiger partial charge in [-0.1, -0.05) is 122 Å². The quantitative estimate of drug-likeness (QED) is 0.0612. The average Bonchev–Trinajstić information content (AvgIpc) is 2.50. The number of ether oxygens (including phenoxy) is 1. The second-order valence-electron chi connectivity index (χ2n) is 5.79. The first-order chi connectivity index (χ1) is 10.7. The molecule has 0 unspecified atom stereocenters. The molecule has 0 saturated heterocycles. The van der Waals surface area contributed by atoms with Gasteiger partial charge in [-0.25, -0.2) is 4.79 Å². The molecule has 5 heteroatoms. The number of rotatable bonds is 16. The second kappa shape index (κ2) is 18.2. The third-order valence-electron chi connectivity index (χ3n) is 3.73. The summed E-state index contributed by atoms with van der Waals surface area (Å²) in [5.74, 6) is -0.300. The van der Waals surface area contributed by atoms with Gasteiger partial charge in [0.05, 0.1) is 6.61 Å². The van der Waals surface area contributed by atoms with Crippen molar-refractivity contribution in [2.24, 2.45) is 0 Å². The van der Waals surface area contributed by atoms with Crippen LogP contribution in [-0.4, -0.2) is 23.7 Å². The van der Waals surface area contributed by atoms with Crippen molar-refractivity contribution in [2.75, 3.05) is 6.61 Å². The lowest BCUT2D eigenvalue weighted by atomic mass is 10.1. The fourth-order valence-electron chi connectivity index (χ4n) is 2.40. The Morgan fingerprint density at radius 2 is 1.36 bits per heavy atom. The third kappa shape index (κ3) is 18.9. The SMILES string of the molecule is C=CC(=O)OCCCCCCCCCCCCC[SiH2]C(I)I. The zero-order valence-corrected chi connectivity index (χ0v) is 19.6. The smallest absolute Gasteiger partial charge is 0.330 e. The van der Waals surface area contributed by atoms with Crippen LogP contribution in [0, 0.1) is 0 Å². The summed E-state index contributed by atoms with van der Waals surface area (Å²) in [6.07, 6.45) is 15.9. The Kier molecular flexibility index (Phi) is 19.0. The highest BCUT2D eigenvalue weighted by atomic mass is 127. The predicted octanol–water partition coefficient (Wildman–Crippen LogP) is 5.75. The Morgan fingerprint density at radius 1 is 0.909 bits per heavy atom. The molecule has 0 atom stereocenters. The molecule has 0 radical (unpaired) electrons. The van der Waals surface area contributed by atoms with Gasteiger partial charge in [-0.05, 0) is 6.42 Å². The first kappa shape index (κ1) is 22.9. The Hall–Kier alpha value is 0.887. The summed E-state index contributed by atoms with van der Waals surface area (Å²) in [4.78, 5) is 10.8. The van der Waals surface area contributed by atoms with E-state index >= 15 is 0 Å². The maximum atomic E-state index is 10.8. The molecule has 0 aromatic heterocycles. The highest BCUT2D eigenvalue weighted by molar-refractivity contribution is 14.2. The second-order valence-corrected chi connectivity index (χ2v) is 16.6. The summed E-state index contributed by atoms with van der Waals surface area (Å²) >= 11 is 5.13. The lowest BCUT2D eigenvalue weighted by Crippen LogP contribution is -2.01. The van der Waals surface area contributed by atoms with Crippen LogP contribution in [0.25, 0.3) is 0 Å². The Morgan fingerprint density at radius 3 is 1.82 bits per heavy atom. The minimum absolute atomic E-state index is 0.221. The third-order valence-corrected chi connectivity index (χ3v) is 8.81. The van der Waals surface area contributed by atoms with Crippen LogP contribution in [-0.2, 0) is 9.53 Å². The zero-order chi connectivity index (χ0) is 16.5. The number of carbonyl (C=O) groups excluding carboxylic acids is 1. The van der Waals surface area contributed by atoms with Gasteiger partial charge >= 0.3 is 5.97 Å². The maximum absolute atomic E-state index is 10.8. The van der Waals surface area contributed by atoms with E-state index in [0.29, 0.717) is 6.61 Å². The lowest BCUT2D eigenvalue weighted by Gasteiger charge is -2.04. The highest BCUT2D eigenvalue weighted by Gasteiger charge is 1.98. The number of halogens is 2. The van der Waals surface area contributed by atoms with E-state index in [1.807, 2.05) is 0 Å². The number of esters is 1. The molecular weight excluding hydrogens is 518 g/mol. The molecular formula is C17H32I2O2Si. The lowest BCUT2D eigenvalue weighted by molar-refractivity contribution is -0.137. The fraction of sp³-hybridized carbons (Fsp3) is 0.824. The van der Waals surface area contributed by atoms with E-state index in [1.165, 1.54) is 70.3 Å². The molecule has 0 aliphatic heterocycles. The highest BCUT2D eigenvalue weighted by Crippen LogP contribution is 2.14. The number of hydrogen-bond donors (Lipinski definition) is 0. The van der Waals surface area contributed by atoms with Crippen molar-refractivity contribution in [3.8, 4) is 0 Å². The molecule has 0 fully saturated rings. The summed E-state index contributed by atoms with van der Waals surface area (Å²) < 4.78 is 5.90. The van der Waals surface area contributed by atoms with Crippen LogP contribution < -0.4 is 0 Å². The van der Waals surface area contributed by atoms with Crippen LogP contribution in [0.2, 0.25) is 6.04 Å². The first-order valence-electron chi connectivity index (χ1n) is 8.74. The van der Waals surface area contributed by atoms with Gasteiger partial charge in [0.15, 0.2) is 0 Å². The molecule has 0 amide bonds. The molecule has 0 aliphatic carbocycles. The van der Waals surface area contributed by atoms with E-state index in [9.17, 15) is 4.79 Å². The topological polar surface area (TPSA) is 26.3 Å². The van der Waals surface area contributed by atoms with Gasteiger partial charge in [0.25, 0.3) is 0 Å². The first-order valence-corrected chi connectivity index (χ1v) is 13.0. The fourth-order valence-corrected chi connectivity index (χ4v) is 5.99. The van der Waals surface area contributed by atoms with Crippen molar-refractivity contribution in [3.05, 3.63) is 12.7 Å². The summed E-state index contributed by atoms with van der Waals surface area (Å²) in [7, 11) is 0.221. The van der Waals surface area contributed by atoms with Crippen LogP contribution in [0.3, 0.4) is 0 Å². The minimum Gasteiger partial charge on any atom is -0.463 e. The Bertz CT molecular complexity index is 273. The van der Waals surface area contributed by atoms with Crippen molar-refractivity contribution in [1.82, 2.24) is 0 Å². The van der Waals surface area contributed by atoms with Gasteiger partial charge in [-0.2, -0.15) is 0 Å². The van der Waals surface area contributed by atoms with Crippen LogP contribution in [0.5, 0.6) is 0 Å². The van der Waals surface area contributed by atoms with E-state index in [1.54, 1.807) is 6.04 Å².